The van der Waals surface area contributed by atoms with Gasteiger partial charge in [-0.05, 0) is 6.42 Å². The number of hydrogen-bond donors (Lipinski definition) is 2. The molecular formula is C9H20O3. The number of rotatable bonds is 7. The lowest BCUT2D eigenvalue weighted by molar-refractivity contribution is -0.0166. The van der Waals surface area contributed by atoms with Crippen molar-refractivity contribution in [3.8, 4) is 0 Å². The molecule has 3 heteroatoms. The van der Waals surface area contributed by atoms with Gasteiger partial charge in [0.1, 0.15) is 0 Å². The van der Waals surface area contributed by atoms with Gasteiger partial charge in [0.2, 0.25) is 0 Å². The summed E-state index contributed by atoms with van der Waals surface area (Å²) in [6.45, 7) is 4.98. The van der Waals surface area contributed by atoms with Gasteiger partial charge in [0, 0.05) is 12.0 Å². The summed E-state index contributed by atoms with van der Waals surface area (Å²) in [7, 11) is 0. The molecule has 0 heterocycles. The van der Waals surface area contributed by atoms with Gasteiger partial charge in [-0.2, -0.15) is 0 Å². The normalized spacial score (nSPS) is 12.0. The van der Waals surface area contributed by atoms with Crippen molar-refractivity contribution in [1.29, 1.82) is 0 Å². The van der Waals surface area contributed by atoms with Crippen LogP contribution in [0.15, 0.2) is 0 Å². The highest BCUT2D eigenvalue weighted by atomic mass is 16.5. The Morgan fingerprint density at radius 2 is 1.83 bits per heavy atom. The monoisotopic (exact) mass is 176 g/mol. The molecule has 0 saturated carbocycles. The molecule has 0 aromatic carbocycles. The van der Waals surface area contributed by atoms with Gasteiger partial charge in [0.15, 0.2) is 0 Å². The SMILES string of the molecule is CCCCOCC(C)(CO)CO. The minimum atomic E-state index is -0.478. The minimum absolute atomic E-state index is 0.0321. The molecule has 0 aliphatic rings. The highest BCUT2D eigenvalue weighted by Crippen LogP contribution is 2.14. The van der Waals surface area contributed by atoms with E-state index in [4.69, 9.17) is 14.9 Å². The second kappa shape index (κ2) is 6.40. The number of unbranched alkanes of at least 4 members (excludes halogenated alkanes) is 1. The zero-order valence-corrected chi connectivity index (χ0v) is 8.05. The van der Waals surface area contributed by atoms with Gasteiger partial charge < -0.3 is 14.9 Å². The molecule has 3 nitrogen and oxygen atoms in total. The first-order valence-electron chi connectivity index (χ1n) is 4.48. The van der Waals surface area contributed by atoms with Gasteiger partial charge in [-0.3, -0.25) is 0 Å². The molecule has 12 heavy (non-hydrogen) atoms. The molecule has 0 saturated heterocycles. The highest BCUT2D eigenvalue weighted by molar-refractivity contribution is 4.70. The molecule has 0 amide bonds. The molecule has 0 atom stereocenters. The number of hydrogen-bond acceptors (Lipinski definition) is 3. The first-order valence-corrected chi connectivity index (χ1v) is 4.48. The quantitative estimate of drug-likeness (QED) is 0.564. The molecule has 2 N–H and O–H groups in total. The first-order chi connectivity index (χ1) is 5.68. The Hall–Kier alpha value is -0.120. The number of aliphatic hydroxyl groups is 2. The fourth-order valence-electron chi connectivity index (χ4n) is 0.706. The van der Waals surface area contributed by atoms with Crippen molar-refractivity contribution in [2.75, 3.05) is 26.4 Å². The van der Waals surface area contributed by atoms with Gasteiger partial charge in [-0.15, -0.1) is 0 Å². The van der Waals surface area contributed by atoms with Crippen LogP contribution >= 0.6 is 0 Å². The molecule has 0 unspecified atom stereocenters. The van der Waals surface area contributed by atoms with Crippen molar-refractivity contribution in [1.82, 2.24) is 0 Å². The fraction of sp³-hybridized carbons (Fsp3) is 1.00. The van der Waals surface area contributed by atoms with Crippen molar-refractivity contribution in [2.24, 2.45) is 5.41 Å². The van der Waals surface area contributed by atoms with Crippen molar-refractivity contribution in [3.63, 3.8) is 0 Å². The van der Waals surface area contributed by atoms with Gasteiger partial charge in [-0.1, -0.05) is 20.3 Å². The average Bonchev–Trinajstić information content (AvgIpc) is 2.12. The molecular weight excluding hydrogens is 156 g/mol. The highest BCUT2D eigenvalue weighted by Gasteiger charge is 2.22. The molecule has 74 valence electrons. The molecule has 0 radical (unpaired) electrons. The van der Waals surface area contributed by atoms with E-state index in [0.29, 0.717) is 13.2 Å². The van der Waals surface area contributed by atoms with Crippen LogP contribution in [0.4, 0.5) is 0 Å². The number of ether oxygens (including phenoxy) is 1. The molecule has 0 fully saturated rings. The van der Waals surface area contributed by atoms with Crippen molar-refractivity contribution in [3.05, 3.63) is 0 Å². The van der Waals surface area contributed by atoms with Gasteiger partial charge >= 0.3 is 0 Å². The Balaban J connectivity index is 3.45. The van der Waals surface area contributed by atoms with Crippen LogP contribution in [0.1, 0.15) is 26.7 Å². The second-order valence-corrected chi connectivity index (χ2v) is 3.53. The van der Waals surface area contributed by atoms with E-state index < -0.39 is 5.41 Å². The van der Waals surface area contributed by atoms with Crippen LogP contribution < -0.4 is 0 Å². The van der Waals surface area contributed by atoms with Crippen LogP contribution in [-0.4, -0.2) is 36.6 Å². The van der Waals surface area contributed by atoms with E-state index in [1.54, 1.807) is 6.92 Å². The molecule has 0 bridgehead atoms. The van der Waals surface area contributed by atoms with E-state index in [2.05, 4.69) is 6.92 Å². The summed E-state index contributed by atoms with van der Waals surface area (Å²) in [5.41, 5.74) is -0.478. The van der Waals surface area contributed by atoms with Crippen LogP contribution in [0.3, 0.4) is 0 Å². The van der Waals surface area contributed by atoms with Crippen LogP contribution in [0, 0.1) is 5.41 Å². The van der Waals surface area contributed by atoms with Crippen molar-refractivity contribution in [2.45, 2.75) is 26.7 Å². The Kier molecular flexibility index (Phi) is 6.34. The Labute approximate surface area is 74.4 Å². The van der Waals surface area contributed by atoms with Crippen LogP contribution in [0.25, 0.3) is 0 Å². The third-order valence-electron chi connectivity index (χ3n) is 1.86. The average molecular weight is 176 g/mol. The van der Waals surface area contributed by atoms with E-state index >= 15 is 0 Å². The van der Waals surface area contributed by atoms with Crippen LogP contribution in [0.5, 0.6) is 0 Å². The lowest BCUT2D eigenvalue weighted by atomic mass is 9.95. The standard InChI is InChI=1S/C9H20O3/c1-3-4-5-12-8-9(2,6-10)7-11/h10-11H,3-8H2,1-2H3. The summed E-state index contributed by atoms with van der Waals surface area (Å²) in [6.07, 6.45) is 2.14. The molecule has 0 spiro atoms. The van der Waals surface area contributed by atoms with E-state index in [1.807, 2.05) is 0 Å². The third kappa shape index (κ3) is 4.70. The zero-order valence-electron chi connectivity index (χ0n) is 8.05. The van der Waals surface area contributed by atoms with Gasteiger partial charge in [0.05, 0.1) is 19.8 Å². The van der Waals surface area contributed by atoms with E-state index in [1.165, 1.54) is 0 Å². The first kappa shape index (κ1) is 11.9. The Morgan fingerprint density at radius 3 is 2.25 bits per heavy atom. The van der Waals surface area contributed by atoms with Crippen molar-refractivity contribution < 1.29 is 14.9 Å². The maximum absolute atomic E-state index is 8.90. The molecule has 0 aromatic heterocycles. The summed E-state index contributed by atoms with van der Waals surface area (Å²) < 4.78 is 5.30. The maximum Gasteiger partial charge on any atom is 0.0563 e. The number of aliphatic hydroxyl groups excluding tert-OH is 2. The molecule has 0 rings (SSSR count). The maximum atomic E-state index is 8.90. The van der Waals surface area contributed by atoms with Crippen LogP contribution in [-0.2, 0) is 4.74 Å². The Bertz CT molecular complexity index is 99.9. The predicted octanol–water partition coefficient (Wildman–Crippen LogP) is 0.794. The minimum Gasteiger partial charge on any atom is -0.396 e. The topological polar surface area (TPSA) is 49.7 Å². The largest absolute Gasteiger partial charge is 0.396 e. The second-order valence-electron chi connectivity index (χ2n) is 3.53. The fourth-order valence-corrected chi connectivity index (χ4v) is 0.706. The van der Waals surface area contributed by atoms with Crippen LogP contribution in [0.2, 0.25) is 0 Å². The van der Waals surface area contributed by atoms with Crippen molar-refractivity contribution >= 4 is 0 Å². The summed E-state index contributed by atoms with van der Waals surface area (Å²) in [6, 6.07) is 0. The summed E-state index contributed by atoms with van der Waals surface area (Å²) in [5, 5.41) is 17.8. The zero-order chi connectivity index (χ0) is 9.45. The smallest absolute Gasteiger partial charge is 0.0563 e. The van der Waals surface area contributed by atoms with Gasteiger partial charge in [0.25, 0.3) is 0 Å². The summed E-state index contributed by atoms with van der Waals surface area (Å²) >= 11 is 0. The lowest BCUT2D eigenvalue weighted by Crippen LogP contribution is -2.31. The molecule has 0 aromatic rings. The molecule has 0 aliphatic carbocycles. The van der Waals surface area contributed by atoms with E-state index in [0.717, 1.165) is 12.8 Å². The third-order valence-corrected chi connectivity index (χ3v) is 1.86. The molecule has 0 aliphatic heterocycles. The lowest BCUT2D eigenvalue weighted by Gasteiger charge is -2.23. The Morgan fingerprint density at radius 1 is 1.25 bits per heavy atom. The van der Waals surface area contributed by atoms with E-state index in [9.17, 15) is 0 Å². The van der Waals surface area contributed by atoms with Gasteiger partial charge in [-0.25, -0.2) is 0 Å². The summed E-state index contributed by atoms with van der Waals surface area (Å²) in [5.74, 6) is 0. The van der Waals surface area contributed by atoms with E-state index in [-0.39, 0.29) is 13.2 Å². The summed E-state index contributed by atoms with van der Waals surface area (Å²) in [4.78, 5) is 0. The predicted molar refractivity (Wildman–Crippen MR) is 48.0 cm³/mol.